The predicted octanol–water partition coefficient (Wildman–Crippen LogP) is 5.54. The van der Waals surface area contributed by atoms with Crippen molar-refractivity contribution in [1.82, 2.24) is 15.5 Å². The molecule has 2 aromatic heterocycles. The number of benzene rings is 2. The Morgan fingerprint density at radius 1 is 1.00 bits per heavy atom. The van der Waals surface area contributed by atoms with Crippen molar-refractivity contribution in [2.45, 2.75) is 25.8 Å². The van der Waals surface area contributed by atoms with Gasteiger partial charge in [-0.05, 0) is 55.0 Å². The largest absolute Gasteiger partial charge is 0.459 e. The molecule has 4 rings (SSSR count). The van der Waals surface area contributed by atoms with E-state index < -0.39 is 0 Å². The van der Waals surface area contributed by atoms with Gasteiger partial charge in [-0.25, -0.2) is 4.39 Å². The predicted molar refractivity (Wildman–Crippen MR) is 116 cm³/mol. The number of carbonyl (C=O) groups is 1. The summed E-state index contributed by atoms with van der Waals surface area (Å²) in [5.74, 6) is 1.88. The average Bonchev–Trinajstić information content (AvgIpc) is 3.43. The molecule has 31 heavy (non-hydrogen) atoms. The van der Waals surface area contributed by atoms with Gasteiger partial charge in [0.2, 0.25) is 17.6 Å². The zero-order valence-electron chi connectivity index (χ0n) is 16.5. The number of nitrogens with zero attached hydrogens (tertiary/aromatic N) is 2. The third-order valence-electron chi connectivity index (χ3n) is 4.62. The maximum Gasteiger partial charge on any atom is 0.226 e. The molecule has 2 heterocycles. The van der Waals surface area contributed by atoms with E-state index in [0.29, 0.717) is 48.8 Å². The number of amides is 1. The fourth-order valence-corrected chi connectivity index (χ4v) is 3.25. The van der Waals surface area contributed by atoms with Crippen LogP contribution in [0.2, 0.25) is 0 Å². The maximum atomic E-state index is 13.0. The number of nitrogens with one attached hydrogen (secondary N) is 1. The van der Waals surface area contributed by atoms with E-state index in [4.69, 9.17) is 8.94 Å². The Hall–Kier alpha value is -3.26. The van der Waals surface area contributed by atoms with Crippen LogP contribution < -0.4 is 5.32 Å². The van der Waals surface area contributed by atoms with Gasteiger partial charge in [0.1, 0.15) is 17.3 Å². The second-order valence-electron chi connectivity index (χ2n) is 6.92. The van der Waals surface area contributed by atoms with Crippen molar-refractivity contribution in [3.05, 3.63) is 82.6 Å². The minimum atomic E-state index is -0.322. The topological polar surface area (TPSA) is 81.2 Å². The van der Waals surface area contributed by atoms with E-state index in [1.165, 1.54) is 12.1 Å². The Morgan fingerprint density at radius 3 is 2.52 bits per heavy atom. The zero-order valence-corrected chi connectivity index (χ0v) is 18.1. The standard InChI is InChI=1S/C23H19BrFN3O3/c24-17-8-4-15(5-9-17)20-13-12-19(30-20)14-26-21(29)2-1-3-22-27-23(28-31-22)16-6-10-18(25)11-7-16/h4-13H,1-3,14H2,(H,26,29). The molecule has 0 aliphatic rings. The summed E-state index contributed by atoms with van der Waals surface area (Å²) in [6, 6.07) is 17.4. The van der Waals surface area contributed by atoms with Crippen LogP contribution in [0.5, 0.6) is 0 Å². The van der Waals surface area contributed by atoms with Crippen molar-refractivity contribution < 1.29 is 18.1 Å². The van der Waals surface area contributed by atoms with Gasteiger partial charge in [-0.15, -0.1) is 0 Å². The summed E-state index contributed by atoms with van der Waals surface area (Å²) >= 11 is 3.41. The van der Waals surface area contributed by atoms with Crippen LogP contribution in [-0.4, -0.2) is 16.0 Å². The second-order valence-corrected chi connectivity index (χ2v) is 7.84. The first kappa shape index (κ1) is 21.0. The number of aryl methyl sites for hydroxylation is 1. The molecule has 0 radical (unpaired) electrons. The average molecular weight is 484 g/mol. The van der Waals surface area contributed by atoms with Gasteiger partial charge in [0.25, 0.3) is 0 Å². The fraction of sp³-hybridized carbons (Fsp3) is 0.174. The highest BCUT2D eigenvalue weighted by Gasteiger charge is 2.11. The summed E-state index contributed by atoms with van der Waals surface area (Å²) in [6.07, 6.45) is 1.38. The van der Waals surface area contributed by atoms with Gasteiger partial charge < -0.3 is 14.3 Å². The molecule has 1 N–H and O–H groups in total. The van der Waals surface area contributed by atoms with Crippen molar-refractivity contribution in [3.63, 3.8) is 0 Å². The van der Waals surface area contributed by atoms with E-state index in [9.17, 15) is 9.18 Å². The lowest BCUT2D eigenvalue weighted by Gasteiger charge is -2.02. The Kier molecular flexibility index (Phi) is 6.57. The van der Waals surface area contributed by atoms with Crippen molar-refractivity contribution in [1.29, 1.82) is 0 Å². The number of hydrogen-bond donors (Lipinski definition) is 1. The van der Waals surface area contributed by atoms with E-state index in [0.717, 1.165) is 15.8 Å². The molecular formula is C23H19BrFN3O3. The molecule has 0 saturated carbocycles. The quantitative estimate of drug-likeness (QED) is 0.355. The zero-order chi connectivity index (χ0) is 21.6. The molecule has 0 atom stereocenters. The van der Waals surface area contributed by atoms with Crippen LogP contribution in [0.3, 0.4) is 0 Å². The van der Waals surface area contributed by atoms with Crippen LogP contribution in [0.1, 0.15) is 24.5 Å². The summed E-state index contributed by atoms with van der Waals surface area (Å²) in [4.78, 5) is 16.4. The summed E-state index contributed by atoms with van der Waals surface area (Å²) in [5, 5.41) is 6.75. The van der Waals surface area contributed by atoms with Gasteiger partial charge in [0.15, 0.2) is 0 Å². The van der Waals surface area contributed by atoms with E-state index in [2.05, 4.69) is 31.4 Å². The van der Waals surface area contributed by atoms with Gasteiger partial charge in [-0.2, -0.15) is 4.98 Å². The molecule has 0 saturated heterocycles. The van der Waals surface area contributed by atoms with Crippen molar-refractivity contribution in [3.8, 4) is 22.7 Å². The van der Waals surface area contributed by atoms with Crippen LogP contribution in [0.25, 0.3) is 22.7 Å². The number of furan rings is 1. The monoisotopic (exact) mass is 483 g/mol. The van der Waals surface area contributed by atoms with Gasteiger partial charge in [0, 0.05) is 28.4 Å². The molecule has 4 aromatic rings. The lowest BCUT2D eigenvalue weighted by molar-refractivity contribution is -0.121. The highest BCUT2D eigenvalue weighted by atomic mass is 79.9. The lowest BCUT2D eigenvalue weighted by atomic mass is 10.2. The van der Waals surface area contributed by atoms with E-state index in [1.807, 2.05) is 36.4 Å². The summed E-state index contributed by atoms with van der Waals surface area (Å²) in [6.45, 7) is 0.324. The molecule has 0 unspecified atom stereocenters. The first-order chi connectivity index (χ1) is 15.1. The van der Waals surface area contributed by atoms with Crippen LogP contribution in [0, 0.1) is 5.82 Å². The van der Waals surface area contributed by atoms with Gasteiger partial charge >= 0.3 is 0 Å². The lowest BCUT2D eigenvalue weighted by Crippen LogP contribution is -2.22. The number of aromatic nitrogens is 2. The van der Waals surface area contributed by atoms with Crippen molar-refractivity contribution >= 4 is 21.8 Å². The Balaban J connectivity index is 1.21. The van der Waals surface area contributed by atoms with E-state index in [1.54, 1.807) is 12.1 Å². The summed E-state index contributed by atoms with van der Waals surface area (Å²) in [7, 11) is 0. The van der Waals surface area contributed by atoms with Gasteiger partial charge in [0.05, 0.1) is 6.54 Å². The van der Waals surface area contributed by atoms with Crippen molar-refractivity contribution in [2.75, 3.05) is 0 Å². The molecule has 1 amide bonds. The van der Waals surface area contributed by atoms with Crippen LogP contribution in [0.15, 0.2) is 74.1 Å². The number of rotatable bonds is 8. The molecule has 8 heteroatoms. The fourth-order valence-electron chi connectivity index (χ4n) is 2.99. The number of carbonyl (C=O) groups excluding carboxylic acids is 1. The number of hydrogen-bond acceptors (Lipinski definition) is 5. The summed E-state index contributed by atoms with van der Waals surface area (Å²) < 4.78 is 25.0. The second kappa shape index (κ2) is 9.70. The molecule has 0 bridgehead atoms. The smallest absolute Gasteiger partial charge is 0.226 e. The minimum Gasteiger partial charge on any atom is -0.459 e. The molecule has 0 aliphatic carbocycles. The van der Waals surface area contributed by atoms with Crippen LogP contribution >= 0.6 is 15.9 Å². The molecule has 0 aliphatic heterocycles. The Labute approximate surface area is 186 Å². The summed E-state index contributed by atoms with van der Waals surface area (Å²) in [5.41, 5.74) is 1.65. The third kappa shape index (κ3) is 5.67. The first-order valence-corrected chi connectivity index (χ1v) is 10.6. The van der Waals surface area contributed by atoms with E-state index in [-0.39, 0.29) is 11.7 Å². The third-order valence-corrected chi connectivity index (χ3v) is 5.14. The highest BCUT2D eigenvalue weighted by Crippen LogP contribution is 2.24. The van der Waals surface area contributed by atoms with Gasteiger partial charge in [-0.3, -0.25) is 4.79 Å². The van der Waals surface area contributed by atoms with Crippen LogP contribution in [0.4, 0.5) is 4.39 Å². The Morgan fingerprint density at radius 2 is 1.74 bits per heavy atom. The molecule has 2 aromatic carbocycles. The molecule has 0 fully saturated rings. The molecule has 0 spiro atoms. The van der Waals surface area contributed by atoms with Crippen molar-refractivity contribution in [2.24, 2.45) is 0 Å². The highest BCUT2D eigenvalue weighted by molar-refractivity contribution is 9.10. The Bertz CT molecular complexity index is 1150. The van der Waals surface area contributed by atoms with E-state index >= 15 is 0 Å². The SMILES string of the molecule is O=C(CCCc1nc(-c2ccc(F)cc2)no1)NCc1ccc(-c2ccc(Br)cc2)o1. The van der Waals surface area contributed by atoms with Crippen LogP contribution in [-0.2, 0) is 17.8 Å². The maximum absolute atomic E-state index is 13.0. The van der Waals surface area contributed by atoms with Gasteiger partial charge in [-0.1, -0.05) is 33.2 Å². The first-order valence-electron chi connectivity index (χ1n) is 9.77. The molecule has 6 nitrogen and oxygen atoms in total. The molecule has 158 valence electrons. The number of halogens is 2. The normalized spacial score (nSPS) is 10.9. The minimum absolute atomic E-state index is 0.0835. The molecular weight excluding hydrogens is 465 g/mol.